The van der Waals surface area contributed by atoms with Gasteiger partial charge in [-0.05, 0) is 26.2 Å². The second-order valence-electron chi connectivity index (χ2n) is 3.77. The highest BCUT2D eigenvalue weighted by molar-refractivity contribution is 5.81. The van der Waals surface area contributed by atoms with Gasteiger partial charge in [-0.2, -0.15) is 5.26 Å². The summed E-state index contributed by atoms with van der Waals surface area (Å²) in [6, 6.07) is 2.07. The molecule has 4 nitrogen and oxygen atoms in total. The third-order valence-corrected chi connectivity index (χ3v) is 2.42. The number of carbonyl (C=O) groups excluding carboxylic acids is 1. The van der Waals surface area contributed by atoms with Crippen LogP contribution in [-0.2, 0) is 4.79 Å². The van der Waals surface area contributed by atoms with Crippen molar-refractivity contribution in [1.29, 1.82) is 5.26 Å². The van der Waals surface area contributed by atoms with Crippen molar-refractivity contribution in [3.8, 4) is 6.07 Å². The molecule has 2 unspecified atom stereocenters. The first-order valence-corrected chi connectivity index (χ1v) is 5.14. The Morgan fingerprint density at radius 1 is 1.71 bits per heavy atom. The van der Waals surface area contributed by atoms with Crippen LogP contribution in [0, 0.1) is 11.3 Å². The van der Waals surface area contributed by atoms with Crippen LogP contribution in [0.4, 0.5) is 0 Å². The monoisotopic (exact) mass is 195 g/mol. The van der Waals surface area contributed by atoms with Crippen molar-refractivity contribution >= 4 is 5.91 Å². The minimum Gasteiger partial charge on any atom is -0.355 e. The molecule has 78 valence electrons. The first kappa shape index (κ1) is 11.0. The zero-order valence-electron chi connectivity index (χ0n) is 8.55. The number of hydrogen-bond donors (Lipinski definition) is 2. The summed E-state index contributed by atoms with van der Waals surface area (Å²) in [6.45, 7) is 2.71. The van der Waals surface area contributed by atoms with Gasteiger partial charge in [-0.15, -0.1) is 0 Å². The zero-order chi connectivity index (χ0) is 10.4. The van der Waals surface area contributed by atoms with Gasteiger partial charge in [0.15, 0.2) is 0 Å². The lowest BCUT2D eigenvalue weighted by atomic mass is 10.1. The van der Waals surface area contributed by atoms with Crippen LogP contribution in [0.3, 0.4) is 0 Å². The molecule has 1 fully saturated rings. The van der Waals surface area contributed by atoms with E-state index in [4.69, 9.17) is 5.26 Å². The second kappa shape index (κ2) is 5.61. The van der Waals surface area contributed by atoms with Crippen molar-refractivity contribution in [1.82, 2.24) is 10.6 Å². The molecule has 0 aromatic heterocycles. The summed E-state index contributed by atoms with van der Waals surface area (Å²) in [5.74, 6) is 0.0762. The van der Waals surface area contributed by atoms with Crippen LogP contribution in [0.2, 0.25) is 0 Å². The Morgan fingerprint density at radius 3 is 3.21 bits per heavy atom. The molecule has 2 atom stereocenters. The summed E-state index contributed by atoms with van der Waals surface area (Å²) in [5.41, 5.74) is 0. The van der Waals surface area contributed by atoms with Crippen molar-refractivity contribution in [3.05, 3.63) is 0 Å². The molecule has 1 aliphatic rings. The lowest BCUT2D eigenvalue weighted by Gasteiger charge is -2.18. The summed E-state index contributed by atoms with van der Waals surface area (Å²) < 4.78 is 0. The summed E-state index contributed by atoms with van der Waals surface area (Å²) in [7, 11) is 0. The number of nitrogens with one attached hydrogen (secondary N) is 2. The van der Waals surface area contributed by atoms with Crippen molar-refractivity contribution in [2.75, 3.05) is 6.54 Å². The predicted molar refractivity (Wildman–Crippen MR) is 53.5 cm³/mol. The molecule has 0 radical (unpaired) electrons. The van der Waals surface area contributed by atoms with Crippen LogP contribution in [0.1, 0.15) is 32.6 Å². The first-order chi connectivity index (χ1) is 6.74. The summed E-state index contributed by atoms with van der Waals surface area (Å²) in [6.07, 6.45) is 3.44. The third-order valence-electron chi connectivity index (χ3n) is 2.42. The molecule has 14 heavy (non-hydrogen) atoms. The highest BCUT2D eigenvalue weighted by atomic mass is 16.2. The van der Waals surface area contributed by atoms with E-state index < -0.39 is 0 Å². The van der Waals surface area contributed by atoms with E-state index >= 15 is 0 Å². The molecule has 0 saturated carbocycles. The van der Waals surface area contributed by atoms with E-state index in [2.05, 4.69) is 16.7 Å². The highest BCUT2D eigenvalue weighted by Gasteiger charge is 2.21. The van der Waals surface area contributed by atoms with E-state index in [0.29, 0.717) is 6.42 Å². The average molecular weight is 195 g/mol. The topological polar surface area (TPSA) is 64.9 Å². The Kier molecular flexibility index (Phi) is 4.41. The number of nitriles is 1. The quantitative estimate of drug-likeness (QED) is 0.691. The van der Waals surface area contributed by atoms with Crippen LogP contribution in [0.5, 0.6) is 0 Å². The molecule has 2 N–H and O–H groups in total. The maximum atomic E-state index is 11.5. The van der Waals surface area contributed by atoms with Crippen LogP contribution in [-0.4, -0.2) is 24.5 Å². The molecule has 1 rings (SSSR count). The van der Waals surface area contributed by atoms with Gasteiger partial charge in [0.05, 0.1) is 18.5 Å². The van der Waals surface area contributed by atoms with E-state index in [1.165, 1.54) is 0 Å². The molecule has 0 spiro atoms. The van der Waals surface area contributed by atoms with E-state index in [1.54, 1.807) is 0 Å². The van der Waals surface area contributed by atoms with Gasteiger partial charge < -0.3 is 10.6 Å². The maximum absolute atomic E-state index is 11.5. The Balaban J connectivity index is 2.41. The average Bonchev–Trinajstić information content (AvgIpc) is 2.33. The number of rotatable bonds is 3. The molecule has 0 aromatic rings. The summed E-state index contributed by atoms with van der Waals surface area (Å²) in [4.78, 5) is 11.5. The number of carbonyl (C=O) groups is 1. The van der Waals surface area contributed by atoms with E-state index in [1.807, 2.05) is 6.92 Å². The summed E-state index contributed by atoms with van der Waals surface area (Å²) >= 11 is 0. The van der Waals surface area contributed by atoms with Crippen molar-refractivity contribution in [3.63, 3.8) is 0 Å². The fraction of sp³-hybridized carbons (Fsp3) is 0.800. The molecule has 0 aliphatic carbocycles. The van der Waals surface area contributed by atoms with Gasteiger partial charge >= 0.3 is 0 Å². The van der Waals surface area contributed by atoms with E-state index in [9.17, 15) is 4.79 Å². The molecule has 1 saturated heterocycles. The van der Waals surface area contributed by atoms with Crippen LogP contribution in [0.25, 0.3) is 0 Å². The maximum Gasteiger partial charge on any atom is 0.237 e. The molecule has 0 aromatic carbocycles. The van der Waals surface area contributed by atoms with Crippen molar-refractivity contribution < 1.29 is 4.79 Å². The van der Waals surface area contributed by atoms with Crippen LogP contribution in [0.15, 0.2) is 0 Å². The second-order valence-corrected chi connectivity index (χ2v) is 3.77. The minimum absolute atomic E-state index is 0.0762. The smallest absolute Gasteiger partial charge is 0.237 e. The molecular formula is C10H17N3O. The first-order valence-electron chi connectivity index (χ1n) is 5.14. The Hall–Kier alpha value is -1.08. The number of hydrogen-bond acceptors (Lipinski definition) is 3. The minimum atomic E-state index is -0.110. The van der Waals surface area contributed by atoms with Crippen molar-refractivity contribution in [2.24, 2.45) is 0 Å². The predicted octanol–water partition coefficient (Wildman–Crippen LogP) is 0.547. The zero-order valence-corrected chi connectivity index (χ0v) is 8.55. The Morgan fingerprint density at radius 2 is 2.50 bits per heavy atom. The van der Waals surface area contributed by atoms with E-state index in [-0.39, 0.29) is 18.0 Å². The van der Waals surface area contributed by atoms with Gasteiger partial charge in [0.1, 0.15) is 0 Å². The fourth-order valence-electron chi connectivity index (χ4n) is 1.64. The van der Waals surface area contributed by atoms with Gasteiger partial charge in [-0.3, -0.25) is 4.79 Å². The highest BCUT2D eigenvalue weighted by Crippen LogP contribution is 2.06. The Labute approximate surface area is 84.7 Å². The lowest BCUT2D eigenvalue weighted by Crippen LogP contribution is -2.46. The third kappa shape index (κ3) is 3.35. The molecule has 1 amide bonds. The molecule has 1 aliphatic heterocycles. The standard InChI is InChI=1S/C10H17N3O/c1-8(5-6-11)13-9-4-2-3-7-12-10(9)14/h8-9,13H,2-5,7H2,1H3,(H,12,14). The number of amides is 1. The van der Waals surface area contributed by atoms with E-state index in [0.717, 1.165) is 25.8 Å². The van der Waals surface area contributed by atoms with Gasteiger partial charge in [0.2, 0.25) is 5.91 Å². The summed E-state index contributed by atoms with van der Waals surface area (Å²) in [5, 5.41) is 14.5. The molecule has 0 bridgehead atoms. The SMILES string of the molecule is CC(CC#N)NC1CCCCNC1=O. The van der Waals surface area contributed by atoms with Crippen LogP contribution < -0.4 is 10.6 Å². The van der Waals surface area contributed by atoms with Crippen LogP contribution >= 0.6 is 0 Å². The molecule has 1 heterocycles. The molecular weight excluding hydrogens is 178 g/mol. The van der Waals surface area contributed by atoms with Gasteiger partial charge in [0, 0.05) is 12.6 Å². The number of nitrogens with zero attached hydrogens (tertiary/aromatic N) is 1. The lowest BCUT2D eigenvalue weighted by molar-refractivity contribution is -0.123. The van der Waals surface area contributed by atoms with Gasteiger partial charge in [0.25, 0.3) is 0 Å². The largest absolute Gasteiger partial charge is 0.355 e. The Bertz CT molecular complexity index is 234. The fourth-order valence-corrected chi connectivity index (χ4v) is 1.64. The van der Waals surface area contributed by atoms with Gasteiger partial charge in [-0.25, -0.2) is 0 Å². The molecule has 4 heteroatoms. The van der Waals surface area contributed by atoms with Crippen molar-refractivity contribution in [2.45, 2.75) is 44.7 Å². The normalized spacial score (nSPS) is 24.6. The van der Waals surface area contributed by atoms with Gasteiger partial charge in [-0.1, -0.05) is 0 Å².